The van der Waals surface area contributed by atoms with Crippen molar-refractivity contribution in [2.45, 2.75) is 70.1 Å². The molecule has 1 heterocycles. The number of carboxylic acids is 1. The number of carbonyl (C=O) groups is 6. The van der Waals surface area contributed by atoms with Crippen LogP contribution in [0.5, 0.6) is 0 Å². The molecule has 4 atom stereocenters. The Morgan fingerprint density at radius 1 is 0.875 bits per heavy atom. The van der Waals surface area contributed by atoms with Gasteiger partial charge in [-0.05, 0) is 30.4 Å². The van der Waals surface area contributed by atoms with Crippen LogP contribution in [-0.4, -0.2) is 69.8 Å². The van der Waals surface area contributed by atoms with Crippen molar-refractivity contribution >= 4 is 46.4 Å². The Balaban J connectivity index is 2.32. The van der Waals surface area contributed by atoms with Gasteiger partial charge in [-0.3, -0.25) is 24.0 Å². The summed E-state index contributed by atoms with van der Waals surface area (Å²) in [5.74, 6) is -5.24. The number of fused-ring (bicyclic) bond motifs is 1. The molecule has 0 spiro atoms. The van der Waals surface area contributed by atoms with E-state index in [4.69, 9.17) is 17.2 Å². The standard InChI is InChI=1S/C26H37N7O7/c1-13(2)9-19(32-23(36)16(27)11-22(29)35)24(37)33-20(10-14-12-30-17-6-4-3-5-15(14)17)25(38)31-18(26(39)40)7-8-21(28)34/h3-6,12-13,16,18-20,30H,7-11,27H2,1-2H3,(H2,28,34)(H2,29,35)(H,31,38)(H,32,36)(H,33,37)(H,39,40). The maximum absolute atomic E-state index is 13.4. The van der Waals surface area contributed by atoms with Crippen LogP contribution in [0.2, 0.25) is 0 Å². The van der Waals surface area contributed by atoms with Crippen molar-refractivity contribution in [3.8, 4) is 0 Å². The number of rotatable bonds is 16. The first-order valence-electron chi connectivity index (χ1n) is 12.8. The molecule has 0 aliphatic heterocycles. The first-order valence-corrected chi connectivity index (χ1v) is 12.8. The van der Waals surface area contributed by atoms with Crippen molar-refractivity contribution in [3.05, 3.63) is 36.0 Å². The van der Waals surface area contributed by atoms with Gasteiger partial charge in [0.1, 0.15) is 18.1 Å². The Morgan fingerprint density at radius 2 is 1.48 bits per heavy atom. The molecule has 1 aromatic carbocycles. The van der Waals surface area contributed by atoms with Gasteiger partial charge in [-0.25, -0.2) is 4.79 Å². The number of nitrogens with two attached hydrogens (primary N) is 3. The lowest BCUT2D eigenvalue weighted by Gasteiger charge is -2.26. The molecule has 5 amide bonds. The number of benzene rings is 1. The Morgan fingerprint density at radius 3 is 2.08 bits per heavy atom. The van der Waals surface area contributed by atoms with E-state index in [9.17, 15) is 33.9 Å². The van der Waals surface area contributed by atoms with E-state index in [1.54, 1.807) is 12.3 Å². The average molecular weight is 560 g/mol. The maximum Gasteiger partial charge on any atom is 0.326 e. The second-order valence-electron chi connectivity index (χ2n) is 10.00. The van der Waals surface area contributed by atoms with Gasteiger partial charge in [0.15, 0.2) is 0 Å². The molecule has 14 heteroatoms. The minimum Gasteiger partial charge on any atom is -0.480 e. The van der Waals surface area contributed by atoms with E-state index >= 15 is 0 Å². The molecule has 11 N–H and O–H groups in total. The number of primary amides is 2. The van der Waals surface area contributed by atoms with E-state index in [0.29, 0.717) is 5.56 Å². The molecule has 0 bridgehead atoms. The first kappa shape index (κ1) is 31.8. The third kappa shape index (κ3) is 9.69. The van der Waals surface area contributed by atoms with Gasteiger partial charge in [-0.2, -0.15) is 0 Å². The number of carboxylic acid groups (broad SMARTS) is 1. The number of hydrogen-bond acceptors (Lipinski definition) is 7. The van der Waals surface area contributed by atoms with Crippen LogP contribution in [0.15, 0.2) is 30.5 Å². The van der Waals surface area contributed by atoms with Crippen LogP contribution in [0.1, 0.15) is 45.1 Å². The molecule has 0 saturated carbocycles. The Labute approximate surface area is 230 Å². The number of H-pyrrole nitrogens is 1. The second kappa shape index (κ2) is 14.6. The van der Waals surface area contributed by atoms with Crippen LogP contribution < -0.4 is 33.2 Å². The summed E-state index contributed by atoms with van der Waals surface area (Å²) in [6.45, 7) is 3.64. The van der Waals surface area contributed by atoms with E-state index in [2.05, 4.69) is 20.9 Å². The minimum absolute atomic E-state index is 0.0206. The topological polar surface area (TPSA) is 253 Å². The van der Waals surface area contributed by atoms with Gasteiger partial charge in [-0.1, -0.05) is 32.0 Å². The highest BCUT2D eigenvalue weighted by Gasteiger charge is 2.31. The maximum atomic E-state index is 13.4. The third-order valence-electron chi connectivity index (χ3n) is 6.12. The molecular weight excluding hydrogens is 522 g/mol. The Kier molecular flexibility index (Phi) is 11.6. The van der Waals surface area contributed by atoms with Crippen molar-refractivity contribution in [1.82, 2.24) is 20.9 Å². The second-order valence-corrected chi connectivity index (χ2v) is 10.00. The zero-order valence-electron chi connectivity index (χ0n) is 22.4. The summed E-state index contributed by atoms with van der Waals surface area (Å²) in [6.07, 6.45) is 0.898. The van der Waals surface area contributed by atoms with E-state index in [1.165, 1.54) is 0 Å². The molecule has 1 aromatic heterocycles. The third-order valence-corrected chi connectivity index (χ3v) is 6.12. The number of hydrogen-bond donors (Lipinski definition) is 8. The van der Waals surface area contributed by atoms with E-state index < -0.39 is 66.1 Å². The lowest BCUT2D eigenvalue weighted by molar-refractivity contribution is -0.142. The van der Waals surface area contributed by atoms with Gasteiger partial charge in [0.05, 0.1) is 12.5 Å². The lowest BCUT2D eigenvalue weighted by atomic mass is 10.00. The van der Waals surface area contributed by atoms with E-state index in [1.807, 2.05) is 32.0 Å². The summed E-state index contributed by atoms with van der Waals surface area (Å²) >= 11 is 0. The molecule has 0 aliphatic rings. The van der Waals surface area contributed by atoms with Crippen LogP contribution >= 0.6 is 0 Å². The molecule has 0 saturated heterocycles. The van der Waals surface area contributed by atoms with Crippen LogP contribution in [0.25, 0.3) is 10.9 Å². The van der Waals surface area contributed by atoms with Gasteiger partial charge < -0.3 is 43.2 Å². The fourth-order valence-electron chi connectivity index (χ4n) is 4.11. The highest BCUT2D eigenvalue weighted by Crippen LogP contribution is 2.19. The van der Waals surface area contributed by atoms with Gasteiger partial charge in [0, 0.05) is 29.9 Å². The molecule has 2 aromatic rings. The molecule has 0 fully saturated rings. The number of nitrogens with one attached hydrogen (secondary N) is 4. The Hall–Kier alpha value is -4.46. The van der Waals surface area contributed by atoms with Gasteiger partial charge >= 0.3 is 5.97 Å². The minimum atomic E-state index is -1.43. The van der Waals surface area contributed by atoms with E-state index in [-0.39, 0.29) is 31.6 Å². The number of para-hydroxylation sites is 1. The van der Waals surface area contributed by atoms with Gasteiger partial charge in [0.2, 0.25) is 29.5 Å². The van der Waals surface area contributed by atoms with Crippen molar-refractivity contribution in [1.29, 1.82) is 0 Å². The smallest absolute Gasteiger partial charge is 0.326 e. The number of aromatic amines is 1. The number of aromatic nitrogens is 1. The largest absolute Gasteiger partial charge is 0.480 e. The summed E-state index contributed by atoms with van der Waals surface area (Å²) < 4.78 is 0. The van der Waals surface area contributed by atoms with E-state index in [0.717, 1.165) is 10.9 Å². The zero-order valence-corrected chi connectivity index (χ0v) is 22.4. The SMILES string of the molecule is CC(C)CC(NC(=O)C(N)CC(N)=O)C(=O)NC(Cc1c[nH]c2ccccc12)C(=O)NC(CCC(N)=O)C(=O)O. The molecule has 218 valence electrons. The Bertz CT molecular complexity index is 1240. The number of amides is 5. The quantitative estimate of drug-likeness (QED) is 0.123. The summed E-state index contributed by atoms with van der Waals surface area (Å²) in [5, 5.41) is 17.8. The lowest BCUT2D eigenvalue weighted by Crippen LogP contribution is -2.58. The van der Waals surface area contributed by atoms with Gasteiger partial charge in [-0.15, -0.1) is 0 Å². The summed E-state index contributed by atoms with van der Waals surface area (Å²) in [7, 11) is 0. The summed E-state index contributed by atoms with van der Waals surface area (Å²) in [6, 6.07) is 2.22. The first-order chi connectivity index (χ1) is 18.8. The molecular formula is C26H37N7O7. The zero-order chi connectivity index (χ0) is 30.0. The predicted molar refractivity (Wildman–Crippen MR) is 145 cm³/mol. The number of carbonyl (C=O) groups excluding carboxylic acids is 5. The fourth-order valence-corrected chi connectivity index (χ4v) is 4.11. The van der Waals surface area contributed by atoms with Crippen LogP contribution in [0, 0.1) is 5.92 Å². The van der Waals surface area contributed by atoms with Crippen LogP contribution in [0.3, 0.4) is 0 Å². The molecule has 14 nitrogen and oxygen atoms in total. The predicted octanol–water partition coefficient (Wildman–Crippen LogP) is -1.24. The van der Waals surface area contributed by atoms with Crippen molar-refractivity contribution < 1.29 is 33.9 Å². The molecule has 4 unspecified atom stereocenters. The van der Waals surface area contributed by atoms with Gasteiger partial charge in [0.25, 0.3) is 0 Å². The van der Waals surface area contributed by atoms with Crippen molar-refractivity contribution in [2.24, 2.45) is 23.1 Å². The van der Waals surface area contributed by atoms with Crippen LogP contribution in [-0.2, 0) is 35.2 Å². The number of aliphatic carboxylic acids is 1. The monoisotopic (exact) mass is 559 g/mol. The average Bonchev–Trinajstić information content (AvgIpc) is 3.27. The van der Waals surface area contributed by atoms with Crippen LogP contribution in [0.4, 0.5) is 0 Å². The molecule has 0 aliphatic carbocycles. The molecule has 2 rings (SSSR count). The van der Waals surface area contributed by atoms with Crippen molar-refractivity contribution in [3.63, 3.8) is 0 Å². The molecule has 0 radical (unpaired) electrons. The molecule has 40 heavy (non-hydrogen) atoms. The summed E-state index contributed by atoms with van der Waals surface area (Å²) in [4.78, 5) is 76.4. The highest BCUT2D eigenvalue weighted by atomic mass is 16.4. The highest BCUT2D eigenvalue weighted by molar-refractivity contribution is 5.95. The fraction of sp³-hybridized carbons (Fsp3) is 0.462. The normalized spacial score (nSPS) is 14.1. The van der Waals surface area contributed by atoms with Crippen molar-refractivity contribution in [2.75, 3.05) is 0 Å². The summed E-state index contributed by atoms with van der Waals surface area (Å²) in [5.41, 5.74) is 17.4.